The molecule has 478 valence electrons. The number of carbonyl (C=O) groups is 4. The first kappa shape index (κ1) is 72.0. The Kier molecular flexibility index (Phi) is 25.4. The molecule has 0 radical (unpaired) electrons. The number of benzene rings is 1. The van der Waals surface area contributed by atoms with E-state index in [-0.39, 0.29) is 55.4 Å². The maximum Gasteiger partial charge on any atom is 0.470 e. The summed E-state index contributed by atoms with van der Waals surface area (Å²) >= 11 is 0. The van der Waals surface area contributed by atoms with Crippen LogP contribution in [0.2, 0.25) is 0 Å². The van der Waals surface area contributed by atoms with Crippen molar-refractivity contribution in [2.75, 3.05) is 52.9 Å². The van der Waals surface area contributed by atoms with E-state index in [0.717, 1.165) is 44.1 Å². The number of hydrogen-bond acceptors (Lipinski definition) is 19. The van der Waals surface area contributed by atoms with Crippen LogP contribution in [0.3, 0.4) is 0 Å². The maximum absolute atomic E-state index is 13.5. The summed E-state index contributed by atoms with van der Waals surface area (Å²) in [6, 6.07) is 11.6. The average molecular weight is 1280 g/mol. The van der Waals surface area contributed by atoms with Gasteiger partial charge < -0.3 is 42.8 Å². The van der Waals surface area contributed by atoms with E-state index < -0.39 is 82.1 Å². The molecular weight excluding hydrogens is 1200 g/mol. The predicted molar refractivity (Wildman–Crippen MR) is 289 cm³/mol. The van der Waals surface area contributed by atoms with Gasteiger partial charge in [-0.05, 0) is 151 Å². The molecule has 2 aromatic rings. The van der Waals surface area contributed by atoms with Crippen LogP contribution in [0.1, 0.15) is 103 Å². The zero-order valence-electron chi connectivity index (χ0n) is 47.7. The second kappa shape index (κ2) is 30.0. The number of alkyl halides is 4. The summed E-state index contributed by atoms with van der Waals surface area (Å²) in [6.07, 6.45) is 13.9. The number of aromatic nitrogens is 1. The summed E-state index contributed by atoms with van der Waals surface area (Å²) in [4.78, 5) is 47.7. The summed E-state index contributed by atoms with van der Waals surface area (Å²) in [7, 11) is -17.0. The lowest BCUT2D eigenvalue weighted by atomic mass is 9.44. The molecule has 29 heteroatoms. The molecule has 0 saturated heterocycles. The molecule has 5 atom stereocenters. The summed E-state index contributed by atoms with van der Waals surface area (Å²) in [6.45, 7) is 17.3. The molecule has 5 unspecified atom stereocenters. The van der Waals surface area contributed by atoms with Crippen molar-refractivity contribution in [1.29, 1.82) is 0 Å². The molecule has 1 aromatic heterocycles. The Balaban J connectivity index is 0.000000259. The lowest BCUT2D eigenvalue weighted by molar-refractivity contribution is -0.378. The zero-order valence-corrected chi connectivity index (χ0v) is 50.2. The van der Waals surface area contributed by atoms with E-state index in [9.17, 15) is 79.4 Å². The number of ether oxygens (including phenoxy) is 7. The van der Waals surface area contributed by atoms with Crippen molar-refractivity contribution in [2.24, 2.45) is 45.3 Å². The Hall–Kier alpha value is -5.46. The third-order valence-electron chi connectivity index (χ3n) is 15.5. The summed E-state index contributed by atoms with van der Waals surface area (Å²) < 4.78 is 187. The molecule has 0 spiro atoms. The standard InChI is InChI=1S/C22H31F3O8S.C14H19F3O5S.C8H12O3.C7H8O3S.C5H5N/c1-14(2)18(26)31-5-4-30-15(3)32-12-20-7-16-6-17(8-20)10-21(9-16,11-20)13-33-19(27)22(23,24)34(25,28)29;15-14(16,23(17,20)21)11(19)22-8-13-4-9-1-10(5-13)3-12(2-9,6-13)7-18;1-4-10-5-6-11-8(9)7(2)3;1-6-2-4-7(5-3-6)11(8,9)10;1-2-4-6-5-3-1/h15-17H,1,4-13H2,2-3H3;9-10,18H,1-8H2;4H,1-2,5-6H2,3H3;2-5H,1H3,(H,8,9,10);1-5H. The van der Waals surface area contributed by atoms with Gasteiger partial charge >= 0.3 is 54.8 Å². The smallest absolute Gasteiger partial charge is 0.470 e. The fourth-order valence-electron chi connectivity index (χ4n) is 13.0. The van der Waals surface area contributed by atoms with Crippen molar-refractivity contribution >= 4 is 54.4 Å². The van der Waals surface area contributed by atoms with Crippen molar-refractivity contribution in [3.8, 4) is 0 Å². The molecule has 8 saturated carbocycles. The molecule has 0 aliphatic heterocycles. The van der Waals surface area contributed by atoms with Gasteiger partial charge in [0.25, 0.3) is 0 Å². The molecule has 0 amide bonds. The number of halogens is 6. The summed E-state index contributed by atoms with van der Waals surface area (Å²) in [5.41, 5.74) is 0.0285. The van der Waals surface area contributed by atoms with Crippen LogP contribution in [-0.4, -0.2) is 128 Å². The molecule has 8 bridgehead atoms. The Morgan fingerprint density at radius 3 is 1.38 bits per heavy atom. The molecule has 8 aliphatic rings. The topological polar surface area (TPSA) is 293 Å². The van der Waals surface area contributed by atoms with Gasteiger partial charge in [0.2, 0.25) is 0 Å². The van der Waals surface area contributed by atoms with Crippen LogP contribution >= 0.6 is 0 Å². The number of nitrogens with one attached hydrogen (secondary N) is 1. The van der Waals surface area contributed by atoms with Gasteiger partial charge in [0.15, 0.2) is 18.7 Å². The van der Waals surface area contributed by atoms with Gasteiger partial charge in [0.1, 0.15) is 29.9 Å². The number of aliphatic hydroxyl groups is 1. The fourth-order valence-corrected chi connectivity index (χ4v) is 14.0. The maximum atomic E-state index is 13.5. The van der Waals surface area contributed by atoms with E-state index in [0.29, 0.717) is 86.6 Å². The van der Waals surface area contributed by atoms with Crippen molar-refractivity contribution in [3.63, 3.8) is 0 Å². The minimum atomic E-state index is -6.40. The highest BCUT2D eigenvalue weighted by Gasteiger charge is 2.62. The predicted octanol–water partition coefficient (Wildman–Crippen LogP) is 8.17. The van der Waals surface area contributed by atoms with Crippen molar-refractivity contribution < 1.29 is 118 Å². The van der Waals surface area contributed by atoms with Crippen LogP contribution in [0.5, 0.6) is 0 Å². The Morgan fingerprint density at radius 2 is 1.04 bits per heavy atom. The minimum absolute atomic E-state index is 0.00468. The second-order valence-electron chi connectivity index (χ2n) is 23.1. The molecular formula is C56H75F6NO19S3. The molecule has 2 N–H and O–H groups in total. The van der Waals surface area contributed by atoms with E-state index in [1.54, 1.807) is 32.9 Å². The van der Waals surface area contributed by atoms with E-state index in [1.807, 2.05) is 37.5 Å². The van der Waals surface area contributed by atoms with Gasteiger partial charge in [-0.2, -0.15) is 34.4 Å². The normalized spacial score (nSPS) is 26.3. The highest BCUT2D eigenvalue weighted by molar-refractivity contribution is 7.88. The number of aromatic amines is 1. The number of esters is 4. The molecule has 8 fully saturated rings. The van der Waals surface area contributed by atoms with Gasteiger partial charge in [-0.1, -0.05) is 51.3 Å². The highest BCUT2D eigenvalue weighted by atomic mass is 32.3. The second-order valence-corrected chi connectivity index (χ2v) is 27.3. The minimum Gasteiger partial charge on any atom is -0.744 e. The first-order valence-corrected chi connectivity index (χ1v) is 31.2. The molecule has 1 heterocycles. The van der Waals surface area contributed by atoms with Crippen LogP contribution in [0, 0.1) is 52.3 Å². The number of aliphatic hydroxyl groups excluding tert-OH is 1. The van der Waals surface area contributed by atoms with E-state index in [4.69, 9.17) is 23.7 Å². The highest BCUT2D eigenvalue weighted by Crippen LogP contribution is 2.66. The number of hydrogen-bond donors (Lipinski definition) is 1. The molecule has 20 nitrogen and oxygen atoms in total. The first-order valence-electron chi connectivity index (χ1n) is 27.0. The van der Waals surface area contributed by atoms with Crippen LogP contribution < -0.4 is 4.98 Å². The third kappa shape index (κ3) is 20.9. The quantitative estimate of drug-likeness (QED) is 0.0126. The van der Waals surface area contributed by atoms with Gasteiger partial charge in [-0.25, -0.2) is 32.6 Å². The van der Waals surface area contributed by atoms with Crippen LogP contribution in [-0.2, 0) is 82.9 Å². The van der Waals surface area contributed by atoms with Crippen molar-refractivity contribution in [3.05, 3.63) is 97.6 Å². The van der Waals surface area contributed by atoms with E-state index in [1.165, 1.54) is 18.4 Å². The number of aryl methyl sites for hydroxylation is 1. The van der Waals surface area contributed by atoms with Crippen molar-refractivity contribution in [2.45, 2.75) is 126 Å². The molecule has 1 aromatic carbocycles. The Morgan fingerprint density at radius 1 is 0.647 bits per heavy atom. The monoisotopic (exact) mass is 1280 g/mol. The fraction of sp³-hybridized carbons (Fsp3) is 0.625. The first-order chi connectivity index (χ1) is 39.4. The van der Waals surface area contributed by atoms with Crippen LogP contribution in [0.25, 0.3) is 0 Å². The zero-order chi connectivity index (χ0) is 63.9. The Bertz CT molecular complexity index is 2930. The lowest BCUT2D eigenvalue weighted by Gasteiger charge is -2.61. The Labute approximate surface area is 492 Å². The lowest BCUT2D eigenvalue weighted by Crippen LogP contribution is -2.55. The van der Waals surface area contributed by atoms with Gasteiger partial charge in [0.05, 0.1) is 37.6 Å². The summed E-state index contributed by atoms with van der Waals surface area (Å²) in [5, 5.41) is -0.695. The number of pyridine rings is 1. The average Bonchev–Trinajstić information content (AvgIpc) is 1.28. The van der Waals surface area contributed by atoms with E-state index in [2.05, 4.69) is 34.2 Å². The van der Waals surface area contributed by atoms with Crippen molar-refractivity contribution in [1.82, 2.24) is 0 Å². The van der Waals surface area contributed by atoms with Crippen LogP contribution in [0.4, 0.5) is 25.3 Å². The van der Waals surface area contributed by atoms with Gasteiger partial charge in [0, 0.05) is 40.7 Å². The number of rotatable bonds is 23. The largest absolute Gasteiger partial charge is 0.744 e. The molecule has 8 aliphatic carbocycles. The SMILES string of the molecule is C=C(C)C(=O)OCCOC(C)OCC12CC3CC(CC(COC(=O)C(F)(F)S(=O)(=O)F)(C3)C1)C2.C=COCCOC(=O)C(=C)C.Cc1ccc(S(=O)(=O)[O-])cc1.O=C(OCC12CC3CC(CC(CO)(C3)C1)C2)C(F)(F)S(=O)(=O)F.c1cc[nH+]cc1. The van der Waals surface area contributed by atoms with Crippen LogP contribution in [0.15, 0.2) is 96.9 Å². The number of carbonyl (C=O) groups excluding carboxylic acids is 4. The van der Waals surface area contributed by atoms with Gasteiger partial charge in [-0.3, -0.25) is 0 Å². The van der Waals surface area contributed by atoms with Gasteiger partial charge in [-0.15, -0.1) is 0 Å². The molecule has 10 rings (SSSR count). The summed E-state index contributed by atoms with van der Waals surface area (Å²) in [5.74, 6) is -4.31. The molecule has 85 heavy (non-hydrogen) atoms. The third-order valence-corrected chi connectivity index (χ3v) is 17.9. The number of H-pyrrole nitrogens is 1. The van der Waals surface area contributed by atoms with E-state index >= 15 is 0 Å².